The van der Waals surface area contributed by atoms with E-state index in [9.17, 15) is 5.11 Å². The summed E-state index contributed by atoms with van der Waals surface area (Å²) >= 11 is 0. The second-order valence-electron chi connectivity index (χ2n) is 6.60. The maximum atomic E-state index is 10.9. The Hall–Kier alpha value is -1.26. The molecule has 2 heterocycles. The number of piperidine rings is 2. The van der Waals surface area contributed by atoms with Crippen LogP contribution in [0.2, 0.25) is 0 Å². The Morgan fingerprint density at radius 3 is 2.41 bits per heavy atom. The summed E-state index contributed by atoms with van der Waals surface area (Å²) in [5, 5.41) is 14.5. The van der Waals surface area contributed by atoms with E-state index in [4.69, 9.17) is 9.47 Å². The zero-order chi connectivity index (χ0) is 15.4. The predicted octanol–water partition coefficient (Wildman–Crippen LogP) is 2.89. The molecule has 0 saturated carbocycles. The van der Waals surface area contributed by atoms with E-state index in [2.05, 4.69) is 5.32 Å². The Morgan fingerprint density at radius 2 is 1.77 bits per heavy atom. The van der Waals surface area contributed by atoms with Crippen LogP contribution in [0.4, 0.5) is 0 Å². The van der Waals surface area contributed by atoms with Crippen molar-refractivity contribution in [3.05, 3.63) is 24.3 Å². The van der Waals surface area contributed by atoms with Gasteiger partial charge < -0.3 is 19.9 Å². The SMILES string of the molecule is CCOc1ccccc1OCCC1(O)CC2CCCC(C1)N2. The number of hydrogen-bond acceptors (Lipinski definition) is 4. The molecule has 0 amide bonds. The van der Waals surface area contributed by atoms with Crippen LogP contribution in [-0.4, -0.2) is 36.0 Å². The molecule has 2 fully saturated rings. The van der Waals surface area contributed by atoms with Crippen LogP contribution in [0.25, 0.3) is 0 Å². The van der Waals surface area contributed by atoms with Crippen LogP contribution < -0.4 is 14.8 Å². The standard InChI is InChI=1S/C18H27NO3/c1-2-21-16-8-3-4-9-17(16)22-11-10-18(20)12-14-6-5-7-15(13-18)19-14/h3-4,8-9,14-15,19-20H,2,5-7,10-13H2,1H3. The topological polar surface area (TPSA) is 50.7 Å². The van der Waals surface area contributed by atoms with Crippen LogP contribution in [0.1, 0.15) is 45.4 Å². The van der Waals surface area contributed by atoms with Crippen molar-refractivity contribution in [1.29, 1.82) is 0 Å². The molecule has 0 radical (unpaired) electrons. The van der Waals surface area contributed by atoms with Gasteiger partial charge in [0.15, 0.2) is 11.5 Å². The number of benzene rings is 1. The number of nitrogens with one attached hydrogen (secondary N) is 1. The van der Waals surface area contributed by atoms with Gasteiger partial charge in [0.25, 0.3) is 0 Å². The van der Waals surface area contributed by atoms with E-state index in [1.54, 1.807) is 0 Å². The molecule has 4 nitrogen and oxygen atoms in total. The Kier molecular flexibility index (Phi) is 4.89. The molecular weight excluding hydrogens is 278 g/mol. The summed E-state index contributed by atoms with van der Waals surface area (Å²) in [6.07, 6.45) is 6.04. The van der Waals surface area contributed by atoms with E-state index in [0.29, 0.717) is 31.7 Å². The van der Waals surface area contributed by atoms with Gasteiger partial charge in [-0.1, -0.05) is 18.6 Å². The Bertz CT molecular complexity index is 479. The first-order chi connectivity index (χ1) is 10.7. The van der Waals surface area contributed by atoms with Crippen LogP contribution in [-0.2, 0) is 0 Å². The lowest BCUT2D eigenvalue weighted by Crippen LogP contribution is -2.56. The van der Waals surface area contributed by atoms with Crippen molar-refractivity contribution in [3.8, 4) is 11.5 Å². The molecule has 0 aliphatic carbocycles. The van der Waals surface area contributed by atoms with E-state index in [1.807, 2.05) is 31.2 Å². The summed E-state index contributed by atoms with van der Waals surface area (Å²) in [7, 11) is 0. The van der Waals surface area contributed by atoms with Crippen LogP contribution >= 0.6 is 0 Å². The fourth-order valence-corrected chi connectivity index (χ4v) is 3.83. The van der Waals surface area contributed by atoms with Crippen molar-refractivity contribution in [3.63, 3.8) is 0 Å². The minimum absolute atomic E-state index is 0.480. The molecule has 1 aromatic rings. The average Bonchev–Trinajstić information content (AvgIpc) is 2.48. The summed E-state index contributed by atoms with van der Waals surface area (Å²) in [5.41, 5.74) is -0.582. The van der Waals surface area contributed by atoms with E-state index in [-0.39, 0.29) is 0 Å². The van der Waals surface area contributed by atoms with Gasteiger partial charge in [-0.25, -0.2) is 0 Å². The van der Waals surface area contributed by atoms with Gasteiger partial charge in [-0.05, 0) is 44.7 Å². The van der Waals surface area contributed by atoms with Gasteiger partial charge >= 0.3 is 0 Å². The second-order valence-corrected chi connectivity index (χ2v) is 6.60. The smallest absolute Gasteiger partial charge is 0.161 e. The lowest BCUT2D eigenvalue weighted by atomic mass is 9.76. The first-order valence-corrected chi connectivity index (χ1v) is 8.51. The summed E-state index contributed by atoms with van der Waals surface area (Å²) in [5.74, 6) is 1.54. The Balaban J connectivity index is 1.54. The molecule has 2 aliphatic heterocycles. The number of para-hydroxylation sites is 2. The Labute approximate surface area is 132 Å². The summed E-state index contributed by atoms with van der Waals surface area (Å²) in [6.45, 7) is 3.12. The largest absolute Gasteiger partial charge is 0.490 e. The Morgan fingerprint density at radius 1 is 1.14 bits per heavy atom. The number of aliphatic hydroxyl groups is 1. The molecule has 2 bridgehead atoms. The molecular formula is C18H27NO3. The lowest BCUT2D eigenvalue weighted by Gasteiger charge is -2.45. The van der Waals surface area contributed by atoms with Crippen LogP contribution in [0.5, 0.6) is 11.5 Å². The fourth-order valence-electron chi connectivity index (χ4n) is 3.83. The van der Waals surface area contributed by atoms with Crippen LogP contribution in [0, 0.1) is 0 Å². The van der Waals surface area contributed by atoms with E-state index in [1.165, 1.54) is 19.3 Å². The monoisotopic (exact) mass is 305 g/mol. The van der Waals surface area contributed by atoms with Crippen molar-refractivity contribution in [1.82, 2.24) is 5.32 Å². The molecule has 2 unspecified atom stereocenters. The quantitative estimate of drug-likeness (QED) is 0.848. The van der Waals surface area contributed by atoms with Gasteiger partial charge in [0.2, 0.25) is 0 Å². The van der Waals surface area contributed by atoms with Gasteiger partial charge in [0, 0.05) is 18.5 Å². The summed E-state index contributed by atoms with van der Waals surface area (Å²) in [6, 6.07) is 8.69. The predicted molar refractivity (Wildman–Crippen MR) is 86.5 cm³/mol. The number of rotatable bonds is 6. The second kappa shape index (κ2) is 6.88. The molecule has 2 saturated heterocycles. The molecule has 0 spiro atoms. The number of fused-ring (bicyclic) bond motifs is 2. The van der Waals surface area contributed by atoms with Crippen LogP contribution in [0.15, 0.2) is 24.3 Å². The van der Waals surface area contributed by atoms with Crippen molar-refractivity contribution < 1.29 is 14.6 Å². The highest BCUT2D eigenvalue weighted by Crippen LogP contribution is 2.35. The molecule has 122 valence electrons. The van der Waals surface area contributed by atoms with Gasteiger partial charge in [-0.2, -0.15) is 0 Å². The number of hydrogen-bond donors (Lipinski definition) is 2. The van der Waals surface area contributed by atoms with E-state index in [0.717, 1.165) is 24.3 Å². The number of ether oxygens (including phenoxy) is 2. The van der Waals surface area contributed by atoms with Crippen molar-refractivity contribution in [2.24, 2.45) is 0 Å². The summed E-state index contributed by atoms with van der Waals surface area (Å²) in [4.78, 5) is 0. The third-order valence-corrected chi connectivity index (χ3v) is 4.80. The zero-order valence-electron chi connectivity index (χ0n) is 13.4. The lowest BCUT2D eigenvalue weighted by molar-refractivity contribution is -0.0445. The van der Waals surface area contributed by atoms with Crippen molar-refractivity contribution >= 4 is 0 Å². The maximum absolute atomic E-state index is 10.9. The molecule has 2 aliphatic rings. The normalized spacial score (nSPS) is 30.8. The molecule has 2 N–H and O–H groups in total. The molecule has 3 rings (SSSR count). The minimum Gasteiger partial charge on any atom is -0.490 e. The van der Waals surface area contributed by atoms with Gasteiger partial charge in [0.05, 0.1) is 18.8 Å². The first kappa shape index (κ1) is 15.6. The van der Waals surface area contributed by atoms with Gasteiger partial charge in [0.1, 0.15) is 0 Å². The molecule has 22 heavy (non-hydrogen) atoms. The van der Waals surface area contributed by atoms with Crippen molar-refractivity contribution in [2.75, 3.05) is 13.2 Å². The third-order valence-electron chi connectivity index (χ3n) is 4.80. The fraction of sp³-hybridized carbons (Fsp3) is 0.667. The molecule has 2 atom stereocenters. The minimum atomic E-state index is -0.582. The highest BCUT2D eigenvalue weighted by atomic mass is 16.5. The van der Waals surface area contributed by atoms with Gasteiger partial charge in [-0.15, -0.1) is 0 Å². The molecule has 0 aromatic heterocycles. The highest BCUT2D eigenvalue weighted by Gasteiger charge is 2.40. The molecule has 1 aromatic carbocycles. The first-order valence-electron chi connectivity index (χ1n) is 8.51. The highest BCUT2D eigenvalue weighted by molar-refractivity contribution is 5.39. The zero-order valence-corrected chi connectivity index (χ0v) is 13.4. The average molecular weight is 305 g/mol. The third kappa shape index (κ3) is 3.73. The summed E-state index contributed by atoms with van der Waals surface area (Å²) < 4.78 is 11.4. The van der Waals surface area contributed by atoms with Crippen LogP contribution in [0.3, 0.4) is 0 Å². The van der Waals surface area contributed by atoms with E-state index < -0.39 is 5.60 Å². The van der Waals surface area contributed by atoms with E-state index >= 15 is 0 Å². The maximum Gasteiger partial charge on any atom is 0.161 e. The van der Waals surface area contributed by atoms with Crippen molar-refractivity contribution in [2.45, 2.75) is 63.1 Å². The van der Waals surface area contributed by atoms with Gasteiger partial charge in [-0.3, -0.25) is 0 Å². The molecule has 4 heteroatoms.